The fourth-order valence-electron chi connectivity index (χ4n) is 3.44. The number of nitrogens with zero attached hydrogens (tertiary/aromatic N) is 5. The predicted molar refractivity (Wildman–Crippen MR) is 80.1 cm³/mol. The SMILES string of the molecule is NC(c1cnnn1-c1ccccc1)C1CN2CCN1CC2. The molecule has 4 heterocycles. The average Bonchev–Trinajstić information content (AvgIpc) is 3.05. The van der Waals surface area contributed by atoms with E-state index in [2.05, 4.69) is 20.1 Å². The molecule has 6 heteroatoms. The number of hydrogen-bond acceptors (Lipinski definition) is 5. The van der Waals surface area contributed by atoms with Gasteiger partial charge in [-0.1, -0.05) is 23.4 Å². The van der Waals surface area contributed by atoms with Crippen molar-refractivity contribution >= 4 is 0 Å². The molecule has 3 fully saturated rings. The van der Waals surface area contributed by atoms with Gasteiger partial charge in [-0.25, -0.2) is 4.68 Å². The number of benzene rings is 1. The molecule has 0 saturated carbocycles. The number of hydrogen-bond donors (Lipinski definition) is 1. The first kappa shape index (κ1) is 12.9. The summed E-state index contributed by atoms with van der Waals surface area (Å²) in [7, 11) is 0. The van der Waals surface area contributed by atoms with Crippen molar-refractivity contribution in [2.45, 2.75) is 12.1 Å². The van der Waals surface area contributed by atoms with E-state index in [1.807, 2.05) is 35.0 Å². The highest BCUT2D eigenvalue weighted by Crippen LogP contribution is 2.26. The molecule has 2 unspecified atom stereocenters. The highest BCUT2D eigenvalue weighted by Gasteiger charge is 2.37. The van der Waals surface area contributed by atoms with Gasteiger partial charge in [-0.3, -0.25) is 9.80 Å². The summed E-state index contributed by atoms with van der Waals surface area (Å²) in [6.45, 7) is 5.61. The van der Waals surface area contributed by atoms with Gasteiger partial charge in [-0.2, -0.15) is 0 Å². The maximum Gasteiger partial charge on any atom is 0.0829 e. The average molecular weight is 284 g/mol. The second-order valence-electron chi connectivity index (χ2n) is 5.84. The first-order valence-electron chi connectivity index (χ1n) is 7.51. The molecule has 0 radical (unpaired) electrons. The quantitative estimate of drug-likeness (QED) is 0.876. The third kappa shape index (κ3) is 2.25. The van der Waals surface area contributed by atoms with E-state index in [0.29, 0.717) is 6.04 Å². The van der Waals surface area contributed by atoms with Crippen LogP contribution in [0.3, 0.4) is 0 Å². The van der Waals surface area contributed by atoms with Gasteiger partial charge >= 0.3 is 0 Å². The molecule has 1 aromatic heterocycles. The Labute approximate surface area is 124 Å². The van der Waals surface area contributed by atoms with Crippen LogP contribution in [0.1, 0.15) is 11.7 Å². The fourth-order valence-corrected chi connectivity index (χ4v) is 3.44. The topological polar surface area (TPSA) is 63.2 Å². The van der Waals surface area contributed by atoms with Gasteiger partial charge in [0.25, 0.3) is 0 Å². The van der Waals surface area contributed by atoms with E-state index >= 15 is 0 Å². The van der Waals surface area contributed by atoms with Crippen molar-refractivity contribution in [1.29, 1.82) is 0 Å². The van der Waals surface area contributed by atoms with Crippen LogP contribution in [0.25, 0.3) is 5.69 Å². The summed E-state index contributed by atoms with van der Waals surface area (Å²) < 4.78 is 1.86. The second kappa shape index (κ2) is 5.22. The number of para-hydroxylation sites is 1. The highest BCUT2D eigenvalue weighted by atomic mass is 15.4. The van der Waals surface area contributed by atoms with E-state index in [0.717, 1.165) is 31.0 Å². The Morgan fingerprint density at radius 1 is 1.10 bits per heavy atom. The van der Waals surface area contributed by atoms with Crippen LogP contribution in [-0.4, -0.2) is 63.6 Å². The molecule has 2 aromatic rings. The Hall–Kier alpha value is -1.76. The summed E-state index contributed by atoms with van der Waals surface area (Å²) in [5.74, 6) is 0. The second-order valence-corrected chi connectivity index (χ2v) is 5.84. The minimum Gasteiger partial charge on any atom is -0.321 e. The molecule has 3 aliphatic heterocycles. The van der Waals surface area contributed by atoms with Crippen molar-refractivity contribution in [3.05, 3.63) is 42.2 Å². The minimum absolute atomic E-state index is 0.0664. The third-order valence-corrected chi connectivity index (χ3v) is 4.65. The molecule has 2 N–H and O–H groups in total. The number of piperazine rings is 3. The lowest BCUT2D eigenvalue weighted by Gasteiger charge is -2.49. The van der Waals surface area contributed by atoms with Gasteiger partial charge in [-0.15, -0.1) is 5.10 Å². The largest absolute Gasteiger partial charge is 0.321 e. The van der Waals surface area contributed by atoms with Gasteiger partial charge < -0.3 is 5.73 Å². The van der Waals surface area contributed by atoms with E-state index in [9.17, 15) is 0 Å². The Morgan fingerprint density at radius 3 is 2.52 bits per heavy atom. The maximum absolute atomic E-state index is 6.57. The molecular formula is C15H20N6. The van der Waals surface area contributed by atoms with Gasteiger partial charge in [0.1, 0.15) is 0 Å². The number of nitrogens with two attached hydrogens (primary N) is 1. The van der Waals surface area contributed by atoms with E-state index in [1.54, 1.807) is 6.20 Å². The third-order valence-electron chi connectivity index (χ3n) is 4.65. The van der Waals surface area contributed by atoms with Crippen molar-refractivity contribution in [1.82, 2.24) is 24.8 Å². The van der Waals surface area contributed by atoms with Crippen LogP contribution in [-0.2, 0) is 0 Å². The van der Waals surface area contributed by atoms with Crippen LogP contribution < -0.4 is 5.73 Å². The Kier molecular flexibility index (Phi) is 3.21. The number of fused-ring (bicyclic) bond motifs is 3. The summed E-state index contributed by atoms with van der Waals surface area (Å²) in [4.78, 5) is 5.01. The molecule has 2 atom stereocenters. The minimum atomic E-state index is -0.0664. The molecule has 5 rings (SSSR count). The first-order valence-corrected chi connectivity index (χ1v) is 7.51. The van der Waals surface area contributed by atoms with Crippen LogP contribution in [0, 0.1) is 0 Å². The lowest BCUT2D eigenvalue weighted by Crippen LogP contribution is -2.63. The van der Waals surface area contributed by atoms with Gasteiger partial charge in [0.15, 0.2) is 0 Å². The van der Waals surface area contributed by atoms with Crippen LogP contribution in [0.15, 0.2) is 36.5 Å². The van der Waals surface area contributed by atoms with Gasteiger partial charge in [0, 0.05) is 38.8 Å². The van der Waals surface area contributed by atoms with E-state index < -0.39 is 0 Å². The number of aromatic nitrogens is 3. The Balaban J connectivity index is 1.64. The van der Waals surface area contributed by atoms with Crippen molar-refractivity contribution < 1.29 is 0 Å². The van der Waals surface area contributed by atoms with Crippen molar-refractivity contribution in [2.75, 3.05) is 32.7 Å². The monoisotopic (exact) mass is 284 g/mol. The zero-order valence-electron chi connectivity index (χ0n) is 12.0. The van der Waals surface area contributed by atoms with E-state index in [-0.39, 0.29) is 6.04 Å². The van der Waals surface area contributed by atoms with Crippen LogP contribution in [0.4, 0.5) is 0 Å². The summed E-state index contributed by atoms with van der Waals surface area (Å²) in [5, 5.41) is 8.30. The normalized spacial score (nSPS) is 29.5. The van der Waals surface area contributed by atoms with Crippen LogP contribution in [0.5, 0.6) is 0 Å². The van der Waals surface area contributed by atoms with Gasteiger partial charge in [0.05, 0.1) is 23.6 Å². The highest BCUT2D eigenvalue weighted by molar-refractivity contribution is 5.32. The first-order chi connectivity index (χ1) is 10.3. The molecule has 0 aliphatic carbocycles. The Bertz CT molecular complexity index is 602. The fraction of sp³-hybridized carbons (Fsp3) is 0.467. The molecule has 2 bridgehead atoms. The molecule has 1 aromatic carbocycles. The van der Waals surface area contributed by atoms with Gasteiger partial charge in [0.2, 0.25) is 0 Å². The van der Waals surface area contributed by atoms with Crippen LogP contribution >= 0.6 is 0 Å². The summed E-state index contributed by atoms with van der Waals surface area (Å²) in [5.41, 5.74) is 8.57. The summed E-state index contributed by atoms with van der Waals surface area (Å²) in [6, 6.07) is 10.4. The van der Waals surface area contributed by atoms with Gasteiger partial charge in [-0.05, 0) is 12.1 Å². The maximum atomic E-state index is 6.57. The smallest absolute Gasteiger partial charge is 0.0829 e. The van der Waals surface area contributed by atoms with Crippen LogP contribution in [0.2, 0.25) is 0 Å². The zero-order valence-corrected chi connectivity index (χ0v) is 12.0. The molecule has 3 aliphatic rings. The van der Waals surface area contributed by atoms with Crippen molar-refractivity contribution in [2.24, 2.45) is 5.73 Å². The standard InChI is InChI=1S/C15H20N6/c16-15(14-11-19-6-8-20(14)9-7-19)13-10-17-18-21(13)12-4-2-1-3-5-12/h1-5,10,14-15H,6-9,11,16H2. The summed E-state index contributed by atoms with van der Waals surface area (Å²) >= 11 is 0. The molecule has 21 heavy (non-hydrogen) atoms. The molecule has 110 valence electrons. The summed E-state index contributed by atoms with van der Waals surface area (Å²) in [6.07, 6.45) is 1.80. The molecule has 0 spiro atoms. The Morgan fingerprint density at radius 2 is 1.86 bits per heavy atom. The zero-order chi connectivity index (χ0) is 14.2. The predicted octanol–water partition coefficient (Wildman–Crippen LogP) is 0.267. The molecular weight excluding hydrogens is 264 g/mol. The van der Waals surface area contributed by atoms with E-state index in [4.69, 9.17) is 5.73 Å². The van der Waals surface area contributed by atoms with Crippen molar-refractivity contribution in [3.8, 4) is 5.69 Å². The molecule has 3 saturated heterocycles. The molecule has 6 nitrogen and oxygen atoms in total. The lowest BCUT2D eigenvalue weighted by atomic mass is 9.98. The number of rotatable bonds is 3. The van der Waals surface area contributed by atoms with Crippen molar-refractivity contribution in [3.63, 3.8) is 0 Å². The van der Waals surface area contributed by atoms with E-state index in [1.165, 1.54) is 13.1 Å². The lowest BCUT2D eigenvalue weighted by molar-refractivity contribution is 0.00130. The molecule has 0 amide bonds.